The normalized spacial score (nSPS) is 10.4. The van der Waals surface area contributed by atoms with Gasteiger partial charge in [-0.2, -0.15) is 0 Å². The summed E-state index contributed by atoms with van der Waals surface area (Å²) in [6.07, 6.45) is 1.05. The maximum atomic E-state index is 12.4. The Labute approximate surface area is 143 Å². The van der Waals surface area contributed by atoms with Gasteiger partial charge in [0.15, 0.2) is 6.61 Å². The van der Waals surface area contributed by atoms with Crippen molar-refractivity contribution in [3.05, 3.63) is 24.3 Å². The van der Waals surface area contributed by atoms with Crippen molar-refractivity contribution in [3.8, 4) is 11.5 Å². The van der Waals surface area contributed by atoms with E-state index in [0.717, 1.165) is 6.42 Å². The fraction of sp³-hybridized carbons (Fsp3) is 0.556. The second-order valence-electron chi connectivity index (χ2n) is 5.86. The lowest BCUT2D eigenvalue weighted by Crippen LogP contribution is -2.37. The molecule has 0 fully saturated rings. The van der Waals surface area contributed by atoms with Crippen molar-refractivity contribution in [2.24, 2.45) is 5.92 Å². The summed E-state index contributed by atoms with van der Waals surface area (Å²) in [6.45, 7) is 5.03. The van der Waals surface area contributed by atoms with Gasteiger partial charge in [0, 0.05) is 19.2 Å². The number of rotatable bonds is 10. The van der Waals surface area contributed by atoms with Crippen LogP contribution < -0.4 is 9.47 Å². The molecule has 0 spiro atoms. The van der Waals surface area contributed by atoms with E-state index in [1.54, 1.807) is 36.3 Å². The lowest BCUT2D eigenvalue weighted by atomic mass is 10.1. The van der Waals surface area contributed by atoms with Crippen LogP contribution >= 0.6 is 0 Å². The van der Waals surface area contributed by atoms with Gasteiger partial charge in [-0.15, -0.1) is 0 Å². The Morgan fingerprint density at radius 3 is 2.46 bits per heavy atom. The van der Waals surface area contributed by atoms with Crippen LogP contribution in [-0.4, -0.2) is 50.7 Å². The number of carbonyl (C=O) groups is 2. The molecule has 0 aliphatic carbocycles. The predicted octanol–water partition coefficient (Wildman–Crippen LogP) is 2.51. The van der Waals surface area contributed by atoms with Gasteiger partial charge in [0.1, 0.15) is 11.5 Å². The quantitative estimate of drug-likeness (QED) is 0.614. The summed E-state index contributed by atoms with van der Waals surface area (Å²) < 4.78 is 15.3. The first-order chi connectivity index (χ1) is 11.5. The summed E-state index contributed by atoms with van der Waals surface area (Å²) in [7, 11) is 2.92. The smallest absolute Gasteiger partial charge is 0.307 e. The van der Waals surface area contributed by atoms with Gasteiger partial charge in [0.25, 0.3) is 5.91 Å². The Bertz CT molecular complexity index is 530. The number of hydrogen-bond acceptors (Lipinski definition) is 5. The van der Waals surface area contributed by atoms with E-state index >= 15 is 0 Å². The van der Waals surface area contributed by atoms with Crippen LogP contribution in [0.3, 0.4) is 0 Å². The minimum atomic E-state index is -0.328. The summed E-state index contributed by atoms with van der Waals surface area (Å²) in [5, 5.41) is 0. The molecule has 0 heterocycles. The molecule has 6 nitrogen and oxygen atoms in total. The zero-order valence-electron chi connectivity index (χ0n) is 14.9. The van der Waals surface area contributed by atoms with Gasteiger partial charge in [-0.25, -0.2) is 0 Å². The molecule has 0 N–H and O–H groups in total. The van der Waals surface area contributed by atoms with Crippen LogP contribution in [0.15, 0.2) is 24.3 Å². The Morgan fingerprint density at radius 1 is 1.12 bits per heavy atom. The molecule has 0 aliphatic heterocycles. The number of benzene rings is 1. The fourth-order valence-corrected chi connectivity index (χ4v) is 2.03. The molecule has 1 rings (SSSR count). The van der Waals surface area contributed by atoms with Crippen molar-refractivity contribution < 1.29 is 23.8 Å². The maximum absolute atomic E-state index is 12.4. The SMILES string of the molecule is COC(=O)CCN(CCC(C)C)C(=O)COc1cccc(OC)c1. The average molecular weight is 337 g/mol. The second kappa shape index (κ2) is 10.5. The molecular weight excluding hydrogens is 310 g/mol. The highest BCUT2D eigenvalue weighted by Crippen LogP contribution is 2.18. The molecule has 0 unspecified atom stereocenters. The second-order valence-corrected chi connectivity index (χ2v) is 5.86. The topological polar surface area (TPSA) is 65.1 Å². The molecule has 0 aliphatic rings. The van der Waals surface area contributed by atoms with Gasteiger partial charge in [-0.05, 0) is 24.5 Å². The first kappa shape index (κ1) is 19.8. The number of carbonyl (C=O) groups excluding carboxylic acids is 2. The number of methoxy groups -OCH3 is 2. The third kappa shape index (κ3) is 7.35. The molecule has 1 aromatic rings. The van der Waals surface area contributed by atoms with Gasteiger partial charge >= 0.3 is 5.97 Å². The highest BCUT2D eigenvalue weighted by atomic mass is 16.5. The van der Waals surface area contributed by atoms with Crippen LogP contribution in [0.25, 0.3) is 0 Å². The molecular formula is C18H27NO5. The summed E-state index contributed by atoms with van der Waals surface area (Å²) in [6, 6.07) is 7.09. The first-order valence-electron chi connectivity index (χ1n) is 8.07. The third-order valence-corrected chi connectivity index (χ3v) is 3.55. The number of ether oxygens (including phenoxy) is 3. The molecule has 6 heteroatoms. The van der Waals surface area contributed by atoms with Gasteiger partial charge in [0.05, 0.1) is 20.6 Å². The molecule has 1 aromatic carbocycles. The number of nitrogens with zero attached hydrogens (tertiary/aromatic N) is 1. The maximum Gasteiger partial charge on any atom is 0.307 e. The molecule has 0 aromatic heterocycles. The highest BCUT2D eigenvalue weighted by molar-refractivity contribution is 5.78. The van der Waals surface area contributed by atoms with Crippen molar-refractivity contribution in [1.82, 2.24) is 4.90 Å². The van der Waals surface area contributed by atoms with E-state index in [1.165, 1.54) is 7.11 Å². The van der Waals surface area contributed by atoms with Crippen molar-refractivity contribution >= 4 is 11.9 Å². The van der Waals surface area contributed by atoms with Crippen molar-refractivity contribution in [2.45, 2.75) is 26.7 Å². The van der Waals surface area contributed by atoms with E-state index in [9.17, 15) is 9.59 Å². The molecule has 0 atom stereocenters. The Balaban J connectivity index is 2.59. The van der Waals surface area contributed by atoms with E-state index in [1.807, 2.05) is 0 Å². The summed E-state index contributed by atoms with van der Waals surface area (Å²) in [4.78, 5) is 25.4. The zero-order valence-corrected chi connectivity index (χ0v) is 14.9. The Kier molecular flexibility index (Phi) is 8.68. The van der Waals surface area contributed by atoms with Gasteiger partial charge in [-0.1, -0.05) is 19.9 Å². The van der Waals surface area contributed by atoms with Crippen molar-refractivity contribution in [2.75, 3.05) is 33.9 Å². The molecule has 24 heavy (non-hydrogen) atoms. The van der Waals surface area contributed by atoms with Crippen LogP contribution in [0.1, 0.15) is 26.7 Å². The highest BCUT2D eigenvalue weighted by Gasteiger charge is 2.16. The number of hydrogen-bond donors (Lipinski definition) is 0. The van der Waals surface area contributed by atoms with Crippen LogP contribution in [0, 0.1) is 5.92 Å². The Morgan fingerprint density at radius 2 is 1.83 bits per heavy atom. The van der Waals surface area contributed by atoms with E-state index in [2.05, 4.69) is 18.6 Å². The summed E-state index contributed by atoms with van der Waals surface area (Å²) >= 11 is 0. The van der Waals surface area contributed by atoms with E-state index in [4.69, 9.17) is 9.47 Å². The van der Waals surface area contributed by atoms with Crippen molar-refractivity contribution in [3.63, 3.8) is 0 Å². The average Bonchev–Trinajstić information content (AvgIpc) is 2.59. The zero-order chi connectivity index (χ0) is 17.9. The van der Waals surface area contributed by atoms with E-state index in [0.29, 0.717) is 30.5 Å². The summed E-state index contributed by atoms with van der Waals surface area (Å²) in [5.41, 5.74) is 0. The first-order valence-corrected chi connectivity index (χ1v) is 8.07. The largest absolute Gasteiger partial charge is 0.497 e. The van der Waals surface area contributed by atoms with E-state index < -0.39 is 0 Å². The lowest BCUT2D eigenvalue weighted by molar-refractivity contribution is -0.142. The van der Waals surface area contributed by atoms with Crippen molar-refractivity contribution in [1.29, 1.82) is 0 Å². The molecule has 134 valence electrons. The van der Waals surface area contributed by atoms with Crippen LogP contribution in [0.2, 0.25) is 0 Å². The molecule has 0 bridgehead atoms. The summed E-state index contributed by atoms with van der Waals surface area (Å²) in [5.74, 6) is 1.23. The number of amides is 1. The standard InChI is InChI=1S/C18H27NO5/c1-14(2)8-10-19(11-9-18(21)23-4)17(20)13-24-16-7-5-6-15(12-16)22-3/h5-7,12,14H,8-11,13H2,1-4H3. The minimum Gasteiger partial charge on any atom is -0.497 e. The van der Waals surface area contributed by atoms with Gasteiger partial charge < -0.3 is 19.1 Å². The van der Waals surface area contributed by atoms with Crippen LogP contribution in [-0.2, 0) is 14.3 Å². The fourth-order valence-electron chi connectivity index (χ4n) is 2.03. The van der Waals surface area contributed by atoms with Crippen LogP contribution in [0.4, 0.5) is 0 Å². The Hall–Kier alpha value is -2.24. The third-order valence-electron chi connectivity index (χ3n) is 3.55. The minimum absolute atomic E-state index is 0.0769. The lowest BCUT2D eigenvalue weighted by Gasteiger charge is -2.23. The molecule has 0 radical (unpaired) electrons. The van der Waals surface area contributed by atoms with Crippen LogP contribution in [0.5, 0.6) is 11.5 Å². The molecule has 0 saturated carbocycles. The van der Waals surface area contributed by atoms with Gasteiger partial charge in [0.2, 0.25) is 0 Å². The molecule has 1 amide bonds. The van der Waals surface area contributed by atoms with Gasteiger partial charge in [-0.3, -0.25) is 9.59 Å². The van der Waals surface area contributed by atoms with E-state index in [-0.39, 0.29) is 24.9 Å². The monoisotopic (exact) mass is 337 g/mol. The molecule has 0 saturated heterocycles. The number of esters is 1. The predicted molar refractivity (Wildman–Crippen MR) is 91.2 cm³/mol.